The minimum atomic E-state index is -0.578. The van der Waals surface area contributed by atoms with Crippen LogP contribution in [0.25, 0.3) is 0 Å². The van der Waals surface area contributed by atoms with Gasteiger partial charge >= 0.3 is 0 Å². The van der Waals surface area contributed by atoms with E-state index in [0.29, 0.717) is 25.1 Å². The lowest BCUT2D eigenvalue weighted by molar-refractivity contribution is -0.134. The van der Waals surface area contributed by atoms with Crippen LogP contribution in [0.5, 0.6) is 0 Å². The number of hydrogen-bond acceptors (Lipinski definition) is 6. The lowest BCUT2D eigenvalue weighted by atomic mass is 9.76. The van der Waals surface area contributed by atoms with Crippen LogP contribution in [-0.2, 0) is 21.7 Å². The number of nitrogens with zero attached hydrogens (tertiary/aromatic N) is 3. The van der Waals surface area contributed by atoms with Gasteiger partial charge in [-0.25, -0.2) is 0 Å². The average molecular weight is 438 g/mol. The highest BCUT2D eigenvalue weighted by molar-refractivity contribution is 5.96. The van der Waals surface area contributed by atoms with Crippen LogP contribution in [-0.4, -0.2) is 45.5 Å². The van der Waals surface area contributed by atoms with E-state index in [1.807, 2.05) is 26.8 Å². The summed E-state index contributed by atoms with van der Waals surface area (Å²) in [4.78, 5) is 21.6. The summed E-state index contributed by atoms with van der Waals surface area (Å²) in [7, 11) is 0. The molecule has 1 aromatic heterocycles. The Bertz CT molecular complexity index is 1050. The predicted molar refractivity (Wildman–Crippen MR) is 119 cm³/mol. The Labute approximate surface area is 188 Å². The fourth-order valence-corrected chi connectivity index (χ4v) is 5.66. The van der Waals surface area contributed by atoms with Gasteiger partial charge in [0.2, 0.25) is 5.91 Å². The molecule has 1 aliphatic carbocycles. The molecule has 2 aromatic rings. The first kappa shape index (κ1) is 21.2. The van der Waals surface area contributed by atoms with Gasteiger partial charge in [-0.3, -0.25) is 4.79 Å². The molecule has 7 nitrogen and oxygen atoms in total. The van der Waals surface area contributed by atoms with Gasteiger partial charge in [0.05, 0.1) is 23.6 Å². The first-order valence-electron chi connectivity index (χ1n) is 11.6. The van der Waals surface area contributed by atoms with Crippen molar-refractivity contribution in [1.82, 2.24) is 10.1 Å². The van der Waals surface area contributed by atoms with Crippen LogP contribution < -0.4 is 0 Å². The SMILES string of the molecule is Cc1cc([C@H](C(=O)N2C[C@H](O)C[C@H]2C2=NOC3(CCCc4ccccc43)C2)C(C)C)on1. The molecule has 1 amide bonds. The number of aliphatic hydroxyl groups excluding tert-OH is 1. The highest BCUT2D eigenvalue weighted by atomic mass is 16.7. The second-order valence-corrected chi connectivity index (χ2v) is 9.84. The maximum absolute atomic E-state index is 13.7. The number of oxime groups is 1. The Morgan fingerprint density at radius 3 is 2.88 bits per heavy atom. The molecule has 3 heterocycles. The molecule has 2 aliphatic heterocycles. The molecule has 4 atom stereocenters. The summed E-state index contributed by atoms with van der Waals surface area (Å²) in [6, 6.07) is 9.99. The van der Waals surface area contributed by atoms with E-state index in [1.54, 1.807) is 4.90 Å². The van der Waals surface area contributed by atoms with Crippen LogP contribution in [0, 0.1) is 12.8 Å². The third kappa shape index (κ3) is 3.52. The van der Waals surface area contributed by atoms with Crippen LogP contribution in [0.2, 0.25) is 0 Å². The van der Waals surface area contributed by atoms with Crippen molar-refractivity contribution in [3.8, 4) is 0 Å². The number of likely N-dealkylation sites (tertiary alicyclic amines) is 1. The number of fused-ring (bicyclic) bond motifs is 2. The minimum Gasteiger partial charge on any atom is -0.391 e. The van der Waals surface area contributed by atoms with Crippen molar-refractivity contribution < 1.29 is 19.3 Å². The normalized spacial score (nSPS) is 28.0. The van der Waals surface area contributed by atoms with E-state index in [0.717, 1.165) is 30.7 Å². The molecule has 1 spiro atoms. The van der Waals surface area contributed by atoms with Crippen LogP contribution >= 0.6 is 0 Å². The van der Waals surface area contributed by atoms with Crippen molar-refractivity contribution in [3.05, 3.63) is 52.9 Å². The lowest BCUT2D eigenvalue weighted by Crippen LogP contribution is -2.44. The number of aromatic nitrogens is 1. The Morgan fingerprint density at radius 1 is 1.31 bits per heavy atom. The number of carbonyl (C=O) groups is 1. The zero-order valence-corrected chi connectivity index (χ0v) is 19.0. The zero-order chi connectivity index (χ0) is 22.5. The van der Waals surface area contributed by atoms with E-state index in [1.165, 1.54) is 11.1 Å². The van der Waals surface area contributed by atoms with Crippen molar-refractivity contribution in [2.45, 2.75) is 76.5 Å². The number of rotatable bonds is 4. The molecular weight excluding hydrogens is 406 g/mol. The third-order valence-corrected chi connectivity index (χ3v) is 7.17. The third-order valence-electron chi connectivity index (χ3n) is 7.17. The molecule has 0 bridgehead atoms. The molecule has 32 heavy (non-hydrogen) atoms. The molecule has 1 saturated heterocycles. The van der Waals surface area contributed by atoms with Crippen molar-refractivity contribution in [3.63, 3.8) is 0 Å². The summed E-state index contributed by atoms with van der Waals surface area (Å²) >= 11 is 0. The van der Waals surface area contributed by atoms with Crippen LogP contribution in [0.15, 0.2) is 40.0 Å². The first-order chi connectivity index (χ1) is 15.4. The van der Waals surface area contributed by atoms with Crippen molar-refractivity contribution in [2.75, 3.05) is 6.54 Å². The second kappa shape index (κ2) is 8.03. The van der Waals surface area contributed by atoms with E-state index in [9.17, 15) is 9.90 Å². The van der Waals surface area contributed by atoms with E-state index >= 15 is 0 Å². The van der Waals surface area contributed by atoms with Crippen molar-refractivity contribution >= 4 is 11.6 Å². The molecule has 5 rings (SSSR count). The van der Waals surface area contributed by atoms with Gasteiger partial charge in [-0.15, -0.1) is 0 Å². The minimum absolute atomic E-state index is 0.0339. The number of β-amino-alcohol motifs (C(OH)–C–C–N with tert-alkyl or cyclic N) is 1. The van der Waals surface area contributed by atoms with Crippen molar-refractivity contribution in [2.24, 2.45) is 11.1 Å². The first-order valence-corrected chi connectivity index (χ1v) is 11.6. The summed E-state index contributed by atoms with van der Waals surface area (Å²) in [6.07, 6.45) is 3.56. The Balaban J connectivity index is 1.41. The maximum Gasteiger partial charge on any atom is 0.234 e. The molecule has 1 aromatic carbocycles. The zero-order valence-electron chi connectivity index (χ0n) is 19.0. The van der Waals surface area contributed by atoms with Crippen LogP contribution in [0.3, 0.4) is 0 Å². The average Bonchev–Trinajstić information content (AvgIpc) is 3.48. The fraction of sp³-hybridized carbons (Fsp3) is 0.560. The monoisotopic (exact) mass is 437 g/mol. The van der Waals surface area contributed by atoms with E-state index in [4.69, 9.17) is 9.36 Å². The predicted octanol–water partition coefficient (Wildman–Crippen LogP) is 3.69. The Morgan fingerprint density at radius 2 is 2.12 bits per heavy atom. The fourth-order valence-electron chi connectivity index (χ4n) is 5.66. The standard InChI is InChI=1S/C25H31N3O4/c1-15(2)23(22-11-16(3)26-31-22)24(30)28-14-18(29)12-21(28)20-13-25(32-27-20)10-6-8-17-7-4-5-9-19(17)25/h4-5,7,9,11,15,18,21,23,29H,6,8,10,12-14H2,1-3H3/t18-,21+,23-,25?/m1/s1. The van der Waals surface area contributed by atoms with Gasteiger partial charge in [0.25, 0.3) is 0 Å². The van der Waals surface area contributed by atoms with Crippen LogP contribution in [0.4, 0.5) is 0 Å². The smallest absolute Gasteiger partial charge is 0.234 e. The number of aliphatic hydroxyl groups is 1. The van der Waals surface area contributed by atoms with Gasteiger partial charge in [0.15, 0.2) is 5.60 Å². The Kier molecular flexibility index (Phi) is 5.32. The molecule has 3 aliphatic rings. The molecule has 1 fully saturated rings. The Hall–Kier alpha value is -2.67. The maximum atomic E-state index is 13.7. The molecule has 1 N–H and O–H groups in total. The van der Waals surface area contributed by atoms with E-state index in [2.05, 4.69) is 34.6 Å². The van der Waals surface area contributed by atoms with E-state index in [-0.39, 0.29) is 17.9 Å². The van der Waals surface area contributed by atoms with Gasteiger partial charge in [-0.05, 0) is 37.7 Å². The highest BCUT2D eigenvalue weighted by Crippen LogP contribution is 2.46. The summed E-state index contributed by atoms with van der Waals surface area (Å²) < 4.78 is 5.47. The number of benzene rings is 1. The highest BCUT2D eigenvalue weighted by Gasteiger charge is 2.49. The van der Waals surface area contributed by atoms with Gasteiger partial charge in [-0.2, -0.15) is 0 Å². The van der Waals surface area contributed by atoms with Gasteiger partial charge in [0, 0.05) is 31.0 Å². The van der Waals surface area contributed by atoms with E-state index < -0.39 is 17.6 Å². The molecule has 0 saturated carbocycles. The summed E-state index contributed by atoms with van der Waals surface area (Å²) in [5, 5.41) is 19.0. The number of carbonyl (C=O) groups excluding carboxylic acids is 1. The summed E-state index contributed by atoms with van der Waals surface area (Å²) in [5.74, 6) is 0.109. The second-order valence-electron chi connectivity index (χ2n) is 9.84. The molecular formula is C25H31N3O4. The number of hydrogen-bond donors (Lipinski definition) is 1. The molecule has 7 heteroatoms. The summed E-state index contributed by atoms with van der Waals surface area (Å²) in [6.45, 7) is 6.16. The molecule has 0 radical (unpaired) electrons. The van der Waals surface area contributed by atoms with Crippen LogP contribution in [0.1, 0.15) is 68.0 Å². The quantitative estimate of drug-likeness (QED) is 0.788. The largest absolute Gasteiger partial charge is 0.391 e. The van der Waals surface area contributed by atoms with Crippen molar-refractivity contribution in [1.29, 1.82) is 0 Å². The molecule has 170 valence electrons. The summed E-state index contributed by atoms with van der Waals surface area (Å²) in [5.41, 5.74) is 3.67. The number of aryl methyl sites for hydroxylation is 2. The van der Waals surface area contributed by atoms with Gasteiger partial charge < -0.3 is 19.4 Å². The topological polar surface area (TPSA) is 88.2 Å². The number of amides is 1. The van der Waals surface area contributed by atoms with Gasteiger partial charge in [-0.1, -0.05) is 48.4 Å². The molecule has 1 unspecified atom stereocenters. The van der Waals surface area contributed by atoms with Gasteiger partial charge in [0.1, 0.15) is 11.7 Å². The lowest BCUT2D eigenvalue weighted by Gasteiger charge is -2.34.